The van der Waals surface area contributed by atoms with E-state index in [1.807, 2.05) is 0 Å². The fourth-order valence-corrected chi connectivity index (χ4v) is 1.83. The molecular weight excluding hydrogens is 188 g/mol. The predicted molar refractivity (Wildman–Crippen MR) is 61.7 cm³/mol. The first-order valence-electron chi connectivity index (χ1n) is 5.84. The summed E-state index contributed by atoms with van der Waals surface area (Å²) in [5, 5.41) is 7.30. The lowest BCUT2D eigenvalue weighted by Crippen LogP contribution is -2.35. The van der Waals surface area contributed by atoms with Crippen molar-refractivity contribution in [3.8, 4) is 0 Å². The van der Waals surface area contributed by atoms with Gasteiger partial charge < -0.3 is 5.73 Å². The van der Waals surface area contributed by atoms with E-state index in [1.54, 1.807) is 0 Å². The van der Waals surface area contributed by atoms with E-state index in [-0.39, 0.29) is 5.41 Å². The number of aryl methyl sites for hydroxylation is 1. The fraction of sp³-hybridized carbons (Fsp3) is 0.818. The van der Waals surface area contributed by atoms with E-state index in [4.69, 9.17) is 5.73 Å². The minimum absolute atomic E-state index is 0.0392. The van der Waals surface area contributed by atoms with Crippen LogP contribution in [-0.2, 0) is 11.8 Å². The number of aromatic amines is 1. The Morgan fingerprint density at radius 3 is 2.40 bits per heavy atom. The minimum atomic E-state index is -0.0392. The summed E-state index contributed by atoms with van der Waals surface area (Å²) in [7, 11) is 0. The van der Waals surface area contributed by atoms with Gasteiger partial charge in [-0.1, -0.05) is 20.8 Å². The number of aromatic nitrogens is 3. The lowest BCUT2D eigenvalue weighted by Gasteiger charge is -2.26. The first-order valence-corrected chi connectivity index (χ1v) is 5.84. The number of hydrogen-bond acceptors (Lipinski definition) is 3. The Bertz CT molecular complexity index is 280. The highest BCUT2D eigenvalue weighted by molar-refractivity contribution is 5.08. The van der Waals surface area contributed by atoms with Crippen LogP contribution in [0.5, 0.6) is 0 Å². The van der Waals surface area contributed by atoms with Crippen LogP contribution in [0.3, 0.4) is 0 Å². The number of nitrogens with one attached hydrogen (secondary N) is 1. The second-order valence-corrected chi connectivity index (χ2v) is 4.05. The zero-order valence-electron chi connectivity index (χ0n) is 10.0. The monoisotopic (exact) mass is 210 g/mol. The molecule has 0 spiro atoms. The Hall–Kier alpha value is -0.900. The van der Waals surface area contributed by atoms with E-state index in [1.165, 1.54) is 0 Å². The van der Waals surface area contributed by atoms with Gasteiger partial charge in [-0.3, -0.25) is 5.10 Å². The van der Waals surface area contributed by atoms with Gasteiger partial charge in [-0.05, 0) is 19.3 Å². The molecule has 4 heteroatoms. The maximum atomic E-state index is 5.85. The lowest BCUT2D eigenvalue weighted by molar-refractivity contribution is 0.383. The van der Waals surface area contributed by atoms with Crippen LogP contribution in [0.15, 0.2) is 0 Å². The average Bonchev–Trinajstić information content (AvgIpc) is 2.71. The largest absolute Gasteiger partial charge is 0.329 e. The summed E-state index contributed by atoms with van der Waals surface area (Å²) in [5.74, 6) is 1.87. The van der Waals surface area contributed by atoms with Gasteiger partial charge in [-0.15, -0.1) is 0 Å². The second kappa shape index (κ2) is 5.26. The molecule has 3 N–H and O–H groups in total. The predicted octanol–water partition coefficient (Wildman–Crippen LogP) is 1.77. The molecule has 86 valence electrons. The van der Waals surface area contributed by atoms with Crippen LogP contribution in [-0.4, -0.2) is 21.7 Å². The van der Waals surface area contributed by atoms with Crippen LogP contribution in [0, 0.1) is 0 Å². The molecule has 0 aromatic carbocycles. The van der Waals surface area contributed by atoms with Crippen molar-refractivity contribution in [2.24, 2.45) is 5.73 Å². The highest BCUT2D eigenvalue weighted by Crippen LogP contribution is 2.27. The van der Waals surface area contributed by atoms with Crippen molar-refractivity contribution >= 4 is 0 Å². The Kier molecular flexibility index (Phi) is 4.27. The van der Waals surface area contributed by atoms with Crippen LogP contribution >= 0.6 is 0 Å². The Labute approximate surface area is 91.7 Å². The van der Waals surface area contributed by atoms with Gasteiger partial charge in [0.25, 0.3) is 0 Å². The van der Waals surface area contributed by atoms with Crippen molar-refractivity contribution in [1.82, 2.24) is 15.2 Å². The Morgan fingerprint density at radius 1 is 1.27 bits per heavy atom. The number of H-pyrrole nitrogens is 1. The fourth-order valence-electron chi connectivity index (χ4n) is 1.83. The van der Waals surface area contributed by atoms with Gasteiger partial charge in [0.2, 0.25) is 0 Å². The molecular formula is C11H22N4. The molecule has 0 fully saturated rings. The topological polar surface area (TPSA) is 67.6 Å². The van der Waals surface area contributed by atoms with E-state index >= 15 is 0 Å². The van der Waals surface area contributed by atoms with Gasteiger partial charge in [0.05, 0.1) is 0 Å². The number of rotatable bonds is 6. The minimum Gasteiger partial charge on any atom is -0.329 e. The van der Waals surface area contributed by atoms with E-state index in [2.05, 4.69) is 36.0 Å². The molecule has 15 heavy (non-hydrogen) atoms. The molecule has 1 aromatic rings. The zero-order valence-corrected chi connectivity index (χ0v) is 10.0. The van der Waals surface area contributed by atoms with E-state index in [9.17, 15) is 0 Å². The third-order valence-electron chi connectivity index (χ3n) is 3.24. The molecule has 0 atom stereocenters. The molecule has 1 aromatic heterocycles. The smallest absolute Gasteiger partial charge is 0.158 e. The summed E-state index contributed by atoms with van der Waals surface area (Å²) < 4.78 is 0. The number of nitrogens with two attached hydrogens (primary N) is 1. The summed E-state index contributed by atoms with van der Waals surface area (Å²) in [5.41, 5.74) is 5.81. The number of nitrogens with zero attached hydrogens (tertiary/aromatic N) is 2. The van der Waals surface area contributed by atoms with Crippen LogP contribution < -0.4 is 5.73 Å². The van der Waals surface area contributed by atoms with Crippen molar-refractivity contribution in [1.29, 1.82) is 0 Å². The molecule has 0 bridgehead atoms. The summed E-state index contributed by atoms with van der Waals surface area (Å²) in [4.78, 5) is 4.54. The quantitative estimate of drug-likeness (QED) is 0.752. The van der Waals surface area contributed by atoms with E-state index in [0.29, 0.717) is 6.54 Å². The number of hydrogen-bond donors (Lipinski definition) is 2. The Morgan fingerprint density at radius 2 is 1.93 bits per heavy atom. The third-order valence-corrected chi connectivity index (χ3v) is 3.24. The molecule has 0 amide bonds. The molecule has 4 nitrogen and oxygen atoms in total. The normalized spacial score (nSPS) is 12.0. The summed E-state index contributed by atoms with van der Waals surface area (Å²) in [6.07, 6.45) is 4.02. The van der Waals surface area contributed by atoms with Gasteiger partial charge in [-0.25, -0.2) is 4.98 Å². The molecule has 0 saturated heterocycles. The third kappa shape index (κ3) is 2.37. The van der Waals surface area contributed by atoms with Crippen LogP contribution in [0.25, 0.3) is 0 Å². The second-order valence-electron chi connectivity index (χ2n) is 4.05. The van der Waals surface area contributed by atoms with Crippen molar-refractivity contribution < 1.29 is 0 Å². The van der Waals surface area contributed by atoms with Gasteiger partial charge >= 0.3 is 0 Å². The van der Waals surface area contributed by atoms with E-state index in [0.717, 1.165) is 37.3 Å². The average molecular weight is 210 g/mol. The van der Waals surface area contributed by atoms with Crippen molar-refractivity contribution in [3.05, 3.63) is 11.6 Å². The van der Waals surface area contributed by atoms with Gasteiger partial charge in [0.15, 0.2) is 5.82 Å². The summed E-state index contributed by atoms with van der Waals surface area (Å²) in [6, 6.07) is 0. The van der Waals surface area contributed by atoms with Crippen molar-refractivity contribution in [2.75, 3.05) is 6.54 Å². The molecule has 0 aliphatic rings. The molecule has 0 saturated carbocycles. The van der Waals surface area contributed by atoms with Crippen LogP contribution in [0.1, 0.15) is 51.7 Å². The van der Waals surface area contributed by atoms with Crippen LogP contribution in [0.4, 0.5) is 0 Å². The summed E-state index contributed by atoms with van der Waals surface area (Å²) in [6.45, 7) is 7.04. The highest BCUT2D eigenvalue weighted by Gasteiger charge is 2.31. The van der Waals surface area contributed by atoms with Gasteiger partial charge in [0, 0.05) is 18.4 Å². The van der Waals surface area contributed by atoms with Crippen molar-refractivity contribution in [3.63, 3.8) is 0 Å². The SMILES string of the molecule is CCCc1nc(C(CC)(CC)CN)n[nH]1. The standard InChI is InChI=1S/C11H22N4/c1-4-7-9-13-10(15-14-9)11(5-2,6-3)8-12/h4-8,12H2,1-3H3,(H,13,14,15). The highest BCUT2D eigenvalue weighted by atomic mass is 15.2. The lowest BCUT2D eigenvalue weighted by atomic mass is 9.82. The molecule has 0 unspecified atom stereocenters. The maximum absolute atomic E-state index is 5.85. The molecule has 0 aliphatic carbocycles. The van der Waals surface area contributed by atoms with E-state index < -0.39 is 0 Å². The summed E-state index contributed by atoms with van der Waals surface area (Å²) >= 11 is 0. The first-order chi connectivity index (χ1) is 7.22. The molecule has 0 radical (unpaired) electrons. The van der Waals surface area contributed by atoms with Gasteiger partial charge in [-0.2, -0.15) is 5.10 Å². The van der Waals surface area contributed by atoms with Crippen LogP contribution in [0.2, 0.25) is 0 Å². The Balaban J connectivity index is 2.91. The first kappa shape index (κ1) is 12.2. The molecule has 0 aliphatic heterocycles. The van der Waals surface area contributed by atoms with Gasteiger partial charge in [0.1, 0.15) is 5.82 Å². The zero-order chi connectivity index (χ0) is 11.3. The molecule has 1 heterocycles. The molecule has 1 rings (SSSR count). The van der Waals surface area contributed by atoms with Crippen molar-refractivity contribution in [2.45, 2.75) is 51.9 Å². The maximum Gasteiger partial charge on any atom is 0.158 e.